The monoisotopic (exact) mass is 510 g/mol. The van der Waals surface area contributed by atoms with Crippen molar-refractivity contribution in [1.29, 1.82) is 0 Å². The van der Waals surface area contributed by atoms with E-state index in [0.29, 0.717) is 28.3 Å². The highest BCUT2D eigenvalue weighted by Gasteiger charge is 2.28. The number of benzene rings is 2. The summed E-state index contributed by atoms with van der Waals surface area (Å²) in [5, 5.41) is 4.73. The number of methoxy groups -OCH3 is 1. The number of hydrogen-bond donors (Lipinski definition) is 1. The molecule has 3 rings (SSSR count). The molecule has 190 valence electrons. The minimum atomic E-state index is -0.708. The van der Waals surface area contributed by atoms with Gasteiger partial charge in [-0.15, -0.1) is 11.3 Å². The van der Waals surface area contributed by atoms with Crippen LogP contribution in [-0.4, -0.2) is 42.1 Å². The molecule has 9 heteroatoms. The summed E-state index contributed by atoms with van der Waals surface area (Å²) < 4.78 is 15.8. The van der Waals surface area contributed by atoms with Crippen molar-refractivity contribution in [3.05, 3.63) is 75.7 Å². The van der Waals surface area contributed by atoms with E-state index in [1.54, 1.807) is 75.5 Å². The number of aromatic nitrogens is 1. The van der Waals surface area contributed by atoms with Crippen LogP contribution in [-0.2, 0) is 15.9 Å². The number of carbonyl (C=O) groups is 3. The van der Waals surface area contributed by atoms with Crippen molar-refractivity contribution in [2.45, 2.75) is 45.6 Å². The second-order valence-corrected chi connectivity index (χ2v) is 9.79. The van der Waals surface area contributed by atoms with Gasteiger partial charge in [0, 0.05) is 23.4 Å². The SMILES string of the molecule is CCOC(=O)c1nc(CC(C(=O)c2ccccc2)c2ccc(OC)cc2NC(=O)OC(C)(C)C)cs1. The molecule has 0 saturated carbocycles. The standard InChI is InChI=1S/C27H30N2O6S/c1-6-34-25(31)24-28-18(16-36-24)14-21(23(30)17-10-8-7-9-11-17)20-13-12-19(33-5)15-22(20)29-26(32)35-27(2,3)4/h7-13,15-16,21H,6,14H2,1-5H3,(H,29,32). The Kier molecular flexibility index (Phi) is 8.82. The van der Waals surface area contributed by atoms with Crippen LogP contribution in [0.15, 0.2) is 53.9 Å². The summed E-state index contributed by atoms with van der Waals surface area (Å²) >= 11 is 1.16. The molecule has 0 aliphatic heterocycles. The fourth-order valence-corrected chi connectivity index (χ4v) is 4.25. The number of nitrogens with zero attached hydrogens (tertiary/aromatic N) is 1. The molecule has 0 aliphatic carbocycles. The molecule has 0 spiro atoms. The molecule has 1 heterocycles. The zero-order valence-corrected chi connectivity index (χ0v) is 21.8. The number of anilines is 1. The number of Topliss-reactive ketones (excluding diaryl/α,β-unsaturated/α-hetero) is 1. The number of thiazole rings is 1. The summed E-state index contributed by atoms with van der Waals surface area (Å²) in [6, 6.07) is 14.0. The molecule has 1 atom stereocenters. The van der Waals surface area contributed by atoms with Crippen LogP contribution in [0.4, 0.5) is 10.5 Å². The first kappa shape index (κ1) is 26.9. The number of esters is 1. The minimum absolute atomic E-state index is 0.154. The van der Waals surface area contributed by atoms with Crippen molar-refractivity contribution in [2.24, 2.45) is 0 Å². The molecular weight excluding hydrogens is 480 g/mol. The highest BCUT2D eigenvalue weighted by molar-refractivity contribution is 7.11. The zero-order valence-electron chi connectivity index (χ0n) is 21.0. The fourth-order valence-electron chi connectivity index (χ4n) is 3.53. The largest absolute Gasteiger partial charge is 0.497 e. The van der Waals surface area contributed by atoms with Gasteiger partial charge in [0.05, 0.1) is 31.0 Å². The lowest BCUT2D eigenvalue weighted by atomic mass is 9.86. The lowest BCUT2D eigenvalue weighted by Gasteiger charge is -2.23. The van der Waals surface area contributed by atoms with Gasteiger partial charge in [-0.3, -0.25) is 10.1 Å². The summed E-state index contributed by atoms with van der Waals surface area (Å²) in [6.07, 6.45) is -0.444. The maximum atomic E-state index is 13.7. The number of ether oxygens (including phenoxy) is 3. The molecule has 1 N–H and O–H groups in total. The first-order valence-electron chi connectivity index (χ1n) is 11.5. The summed E-state index contributed by atoms with van der Waals surface area (Å²) in [5.74, 6) is -0.857. The third-order valence-corrected chi connectivity index (χ3v) is 5.93. The van der Waals surface area contributed by atoms with Gasteiger partial charge in [0.2, 0.25) is 5.01 Å². The van der Waals surface area contributed by atoms with Crippen molar-refractivity contribution in [1.82, 2.24) is 4.98 Å². The summed E-state index contributed by atoms with van der Waals surface area (Å²) in [5.41, 5.74) is 1.34. The number of rotatable bonds is 9. The van der Waals surface area contributed by atoms with Crippen LogP contribution in [0, 0.1) is 0 Å². The van der Waals surface area contributed by atoms with E-state index in [1.165, 1.54) is 7.11 Å². The molecule has 2 aromatic carbocycles. The summed E-state index contributed by atoms with van der Waals surface area (Å²) in [6.45, 7) is 7.27. The van der Waals surface area contributed by atoms with Gasteiger partial charge >= 0.3 is 12.1 Å². The first-order valence-corrected chi connectivity index (χ1v) is 12.4. The Labute approximate surface area is 214 Å². The smallest absolute Gasteiger partial charge is 0.412 e. The predicted molar refractivity (Wildman–Crippen MR) is 138 cm³/mol. The molecule has 0 fully saturated rings. The second-order valence-electron chi connectivity index (χ2n) is 8.93. The van der Waals surface area contributed by atoms with Crippen LogP contribution >= 0.6 is 11.3 Å². The number of amides is 1. The van der Waals surface area contributed by atoms with Crippen LogP contribution in [0.2, 0.25) is 0 Å². The van der Waals surface area contributed by atoms with E-state index in [9.17, 15) is 14.4 Å². The number of ketones is 1. The van der Waals surface area contributed by atoms with Crippen molar-refractivity contribution < 1.29 is 28.6 Å². The molecule has 0 saturated heterocycles. The highest BCUT2D eigenvalue weighted by Crippen LogP contribution is 2.34. The Morgan fingerprint density at radius 3 is 2.44 bits per heavy atom. The fraction of sp³-hybridized carbons (Fsp3) is 0.333. The van der Waals surface area contributed by atoms with Crippen LogP contribution < -0.4 is 10.1 Å². The zero-order chi connectivity index (χ0) is 26.3. The van der Waals surface area contributed by atoms with E-state index in [2.05, 4.69) is 10.3 Å². The molecule has 1 aromatic heterocycles. The van der Waals surface area contributed by atoms with Crippen molar-refractivity contribution >= 4 is 34.9 Å². The van der Waals surface area contributed by atoms with Crippen molar-refractivity contribution in [3.63, 3.8) is 0 Å². The second kappa shape index (κ2) is 11.8. The highest BCUT2D eigenvalue weighted by atomic mass is 32.1. The molecule has 1 unspecified atom stereocenters. The van der Waals surface area contributed by atoms with Gasteiger partial charge in [-0.25, -0.2) is 14.6 Å². The third kappa shape index (κ3) is 7.14. The Hall–Kier alpha value is -3.72. The average Bonchev–Trinajstić information content (AvgIpc) is 3.30. The Bertz CT molecular complexity index is 1220. The van der Waals surface area contributed by atoms with Crippen LogP contribution in [0.25, 0.3) is 0 Å². The molecule has 0 radical (unpaired) electrons. The summed E-state index contributed by atoms with van der Waals surface area (Å²) in [7, 11) is 1.52. The van der Waals surface area contributed by atoms with Gasteiger partial charge in [-0.2, -0.15) is 0 Å². The Morgan fingerprint density at radius 2 is 1.81 bits per heavy atom. The molecular formula is C27H30N2O6S. The van der Waals surface area contributed by atoms with E-state index in [4.69, 9.17) is 14.2 Å². The van der Waals surface area contributed by atoms with Gasteiger partial charge in [-0.05, 0) is 39.3 Å². The number of hydrogen-bond acceptors (Lipinski definition) is 8. The number of carbonyl (C=O) groups excluding carboxylic acids is 3. The van der Waals surface area contributed by atoms with E-state index in [1.807, 2.05) is 6.07 Å². The predicted octanol–water partition coefficient (Wildman–Crippen LogP) is 5.88. The molecule has 8 nitrogen and oxygen atoms in total. The van der Waals surface area contributed by atoms with Gasteiger partial charge in [0.25, 0.3) is 0 Å². The average molecular weight is 511 g/mol. The molecule has 0 aliphatic rings. The van der Waals surface area contributed by atoms with Crippen LogP contribution in [0.3, 0.4) is 0 Å². The third-order valence-electron chi connectivity index (χ3n) is 5.06. The normalized spacial score (nSPS) is 11.9. The van der Waals surface area contributed by atoms with Crippen molar-refractivity contribution in [3.8, 4) is 5.75 Å². The van der Waals surface area contributed by atoms with Crippen LogP contribution in [0.1, 0.15) is 65.0 Å². The molecule has 0 bridgehead atoms. The quantitative estimate of drug-likeness (QED) is 0.283. The Balaban J connectivity index is 2.03. The first-order chi connectivity index (χ1) is 17.1. The van der Waals surface area contributed by atoms with Gasteiger partial charge in [0.15, 0.2) is 5.78 Å². The lowest BCUT2D eigenvalue weighted by Crippen LogP contribution is -2.28. The maximum absolute atomic E-state index is 13.7. The molecule has 36 heavy (non-hydrogen) atoms. The van der Waals surface area contributed by atoms with E-state index in [0.717, 1.165) is 11.3 Å². The maximum Gasteiger partial charge on any atom is 0.412 e. The summed E-state index contributed by atoms with van der Waals surface area (Å²) in [4.78, 5) is 42.9. The van der Waals surface area contributed by atoms with E-state index in [-0.39, 0.29) is 23.8 Å². The Morgan fingerprint density at radius 1 is 1.08 bits per heavy atom. The van der Waals surface area contributed by atoms with Crippen molar-refractivity contribution in [2.75, 3.05) is 19.0 Å². The molecule has 1 amide bonds. The van der Waals surface area contributed by atoms with Gasteiger partial charge in [-0.1, -0.05) is 36.4 Å². The van der Waals surface area contributed by atoms with E-state index >= 15 is 0 Å². The topological polar surface area (TPSA) is 104 Å². The molecule has 3 aromatic rings. The van der Waals surface area contributed by atoms with Gasteiger partial charge in [0.1, 0.15) is 11.4 Å². The van der Waals surface area contributed by atoms with Gasteiger partial charge < -0.3 is 14.2 Å². The minimum Gasteiger partial charge on any atom is -0.497 e. The number of nitrogens with one attached hydrogen (secondary N) is 1. The van der Waals surface area contributed by atoms with E-state index < -0.39 is 23.6 Å². The lowest BCUT2D eigenvalue weighted by molar-refractivity contribution is 0.0524. The van der Waals surface area contributed by atoms with Crippen LogP contribution in [0.5, 0.6) is 5.75 Å².